The Morgan fingerprint density at radius 1 is 1.10 bits per heavy atom. The predicted octanol–water partition coefficient (Wildman–Crippen LogP) is 2.69. The molecule has 0 aromatic heterocycles. The Bertz CT molecular complexity index is 410. The highest BCUT2D eigenvalue weighted by atomic mass is 16.6. The van der Waals surface area contributed by atoms with Crippen molar-refractivity contribution in [3.05, 3.63) is 30.3 Å². The van der Waals surface area contributed by atoms with Crippen molar-refractivity contribution in [3.63, 3.8) is 0 Å². The lowest BCUT2D eigenvalue weighted by atomic mass is 9.82. The van der Waals surface area contributed by atoms with E-state index in [0.29, 0.717) is 19.4 Å². The first-order chi connectivity index (χ1) is 9.68. The number of hydrogen-bond donors (Lipinski definition) is 1. The smallest absolute Gasteiger partial charge is 0.308 e. The van der Waals surface area contributed by atoms with E-state index >= 15 is 0 Å². The number of para-hydroxylation sites is 1. The van der Waals surface area contributed by atoms with Crippen LogP contribution in [0, 0.1) is 0 Å². The van der Waals surface area contributed by atoms with E-state index in [-0.39, 0.29) is 19.0 Å². The Morgan fingerprint density at radius 3 is 2.50 bits per heavy atom. The molecule has 0 heterocycles. The zero-order valence-electron chi connectivity index (χ0n) is 11.7. The molecular weight excluding hydrogens is 256 g/mol. The summed E-state index contributed by atoms with van der Waals surface area (Å²) in [6.45, 7) is 0.540. The zero-order valence-corrected chi connectivity index (χ0v) is 11.7. The van der Waals surface area contributed by atoms with Crippen LogP contribution in [-0.4, -0.2) is 29.9 Å². The summed E-state index contributed by atoms with van der Waals surface area (Å²) >= 11 is 0. The standard InChI is InChI=1S/C16H22O4/c17-15(13-16(18)9-5-2-6-10-16)20-12-11-19-14-7-3-1-4-8-14/h1,3-4,7-8,18H,2,5-6,9-13H2. The molecule has 0 aliphatic heterocycles. The molecule has 110 valence electrons. The van der Waals surface area contributed by atoms with Gasteiger partial charge in [0.1, 0.15) is 19.0 Å². The van der Waals surface area contributed by atoms with Gasteiger partial charge in [0.2, 0.25) is 0 Å². The van der Waals surface area contributed by atoms with E-state index in [1.54, 1.807) is 0 Å². The van der Waals surface area contributed by atoms with Gasteiger partial charge in [0, 0.05) is 0 Å². The topological polar surface area (TPSA) is 55.8 Å². The van der Waals surface area contributed by atoms with Crippen LogP contribution in [0.15, 0.2) is 30.3 Å². The fourth-order valence-electron chi connectivity index (χ4n) is 2.54. The van der Waals surface area contributed by atoms with Gasteiger partial charge in [0.25, 0.3) is 0 Å². The van der Waals surface area contributed by atoms with Crippen LogP contribution in [-0.2, 0) is 9.53 Å². The van der Waals surface area contributed by atoms with E-state index in [2.05, 4.69) is 0 Å². The molecule has 0 unspecified atom stereocenters. The number of benzene rings is 1. The second-order valence-corrected chi connectivity index (χ2v) is 5.34. The third kappa shape index (κ3) is 4.85. The molecule has 1 N–H and O–H groups in total. The maximum atomic E-state index is 11.7. The first kappa shape index (κ1) is 14.9. The minimum atomic E-state index is -0.852. The van der Waals surface area contributed by atoms with Gasteiger partial charge >= 0.3 is 5.97 Å². The maximum Gasteiger partial charge on any atom is 0.308 e. The van der Waals surface area contributed by atoms with Crippen molar-refractivity contribution in [2.75, 3.05) is 13.2 Å². The lowest BCUT2D eigenvalue weighted by Gasteiger charge is -2.30. The van der Waals surface area contributed by atoms with Gasteiger partial charge < -0.3 is 14.6 Å². The van der Waals surface area contributed by atoms with Gasteiger partial charge in [-0.2, -0.15) is 0 Å². The number of aliphatic hydroxyl groups is 1. The number of ether oxygens (including phenoxy) is 2. The van der Waals surface area contributed by atoms with Gasteiger partial charge in [-0.05, 0) is 25.0 Å². The fraction of sp³-hybridized carbons (Fsp3) is 0.562. The highest BCUT2D eigenvalue weighted by Crippen LogP contribution is 2.30. The summed E-state index contributed by atoms with van der Waals surface area (Å²) in [5.74, 6) is 0.417. The number of carbonyl (C=O) groups excluding carboxylic acids is 1. The summed E-state index contributed by atoms with van der Waals surface area (Å²) in [7, 11) is 0. The fourth-order valence-corrected chi connectivity index (χ4v) is 2.54. The van der Waals surface area contributed by atoms with E-state index < -0.39 is 5.60 Å². The summed E-state index contributed by atoms with van der Waals surface area (Å²) in [4.78, 5) is 11.7. The van der Waals surface area contributed by atoms with Crippen molar-refractivity contribution in [2.45, 2.75) is 44.1 Å². The van der Waals surface area contributed by atoms with Crippen LogP contribution in [0.25, 0.3) is 0 Å². The Hall–Kier alpha value is -1.55. The average Bonchev–Trinajstić information content (AvgIpc) is 2.45. The van der Waals surface area contributed by atoms with Crippen LogP contribution in [0.3, 0.4) is 0 Å². The van der Waals surface area contributed by atoms with Crippen LogP contribution in [0.1, 0.15) is 38.5 Å². The Kier molecular flexibility index (Phi) is 5.41. The summed E-state index contributed by atoms with van der Waals surface area (Å²) < 4.78 is 10.5. The second kappa shape index (κ2) is 7.29. The number of carbonyl (C=O) groups is 1. The van der Waals surface area contributed by atoms with Gasteiger partial charge in [-0.15, -0.1) is 0 Å². The summed E-state index contributed by atoms with van der Waals surface area (Å²) in [6.07, 6.45) is 4.60. The molecule has 1 aliphatic carbocycles. The molecule has 0 spiro atoms. The largest absolute Gasteiger partial charge is 0.490 e. The Morgan fingerprint density at radius 2 is 1.80 bits per heavy atom. The molecule has 2 rings (SSSR count). The molecule has 4 nitrogen and oxygen atoms in total. The predicted molar refractivity (Wildman–Crippen MR) is 75.5 cm³/mol. The maximum absolute atomic E-state index is 11.7. The summed E-state index contributed by atoms with van der Waals surface area (Å²) in [5, 5.41) is 10.2. The van der Waals surface area contributed by atoms with Crippen molar-refractivity contribution in [2.24, 2.45) is 0 Å². The number of rotatable bonds is 6. The third-order valence-electron chi connectivity index (χ3n) is 3.62. The van der Waals surface area contributed by atoms with Gasteiger partial charge in [-0.1, -0.05) is 37.5 Å². The quantitative estimate of drug-likeness (QED) is 0.642. The second-order valence-electron chi connectivity index (χ2n) is 5.34. The molecule has 0 bridgehead atoms. The van der Waals surface area contributed by atoms with E-state index in [9.17, 15) is 9.90 Å². The SMILES string of the molecule is O=C(CC1(O)CCCCC1)OCCOc1ccccc1. The monoisotopic (exact) mass is 278 g/mol. The summed E-state index contributed by atoms with van der Waals surface area (Å²) in [5.41, 5.74) is -0.852. The van der Waals surface area contributed by atoms with Crippen LogP contribution in [0.4, 0.5) is 0 Å². The van der Waals surface area contributed by atoms with Crippen molar-refractivity contribution in [3.8, 4) is 5.75 Å². The highest BCUT2D eigenvalue weighted by molar-refractivity contribution is 5.70. The molecule has 20 heavy (non-hydrogen) atoms. The van der Waals surface area contributed by atoms with Crippen LogP contribution < -0.4 is 4.74 Å². The summed E-state index contributed by atoms with van der Waals surface area (Å²) in [6, 6.07) is 9.40. The molecule has 1 saturated carbocycles. The van der Waals surface area contributed by atoms with E-state index in [4.69, 9.17) is 9.47 Å². The van der Waals surface area contributed by atoms with Gasteiger partial charge in [-0.25, -0.2) is 0 Å². The van der Waals surface area contributed by atoms with Crippen LogP contribution in [0.2, 0.25) is 0 Å². The minimum absolute atomic E-state index is 0.0956. The van der Waals surface area contributed by atoms with E-state index in [1.807, 2.05) is 30.3 Å². The molecule has 1 aromatic rings. The third-order valence-corrected chi connectivity index (χ3v) is 3.62. The number of hydrogen-bond acceptors (Lipinski definition) is 4. The molecule has 0 radical (unpaired) electrons. The lowest BCUT2D eigenvalue weighted by Crippen LogP contribution is -2.34. The molecular formula is C16H22O4. The van der Waals surface area contributed by atoms with Crippen LogP contribution in [0.5, 0.6) is 5.75 Å². The molecule has 1 aliphatic rings. The van der Waals surface area contributed by atoms with Crippen molar-refractivity contribution < 1.29 is 19.4 Å². The van der Waals surface area contributed by atoms with E-state index in [1.165, 1.54) is 0 Å². The van der Waals surface area contributed by atoms with Gasteiger partial charge in [0.05, 0.1) is 12.0 Å². The van der Waals surface area contributed by atoms with Crippen molar-refractivity contribution >= 4 is 5.97 Å². The Labute approximate surface area is 119 Å². The van der Waals surface area contributed by atoms with Gasteiger partial charge in [0.15, 0.2) is 0 Å². The Balaban J connectivity index is 1.63. The van der Waals surface area contributed by atoms with Crippen molar-refractivity contribution in [1.82, 2.24) is 0 Å². The molecule has 0 atom stereocenters. The highest BCUT2D eigenvalue weighted by Gasteiger charge is 2.32. The van der Waals surface area contributed by atoms with Gasteiger partial charge in [-0.3, -0.25) is 4.79 Å². The molecule has 1 aromatic carbocycles. The average molecular weight is 278 g/mol. The van der Waals surface area contributed by atoms with Crippen molar-refractivity contribution in [1.29, 1.82) is 0 Å². The number of esters is 1. The first-order valence-corrected chi connectivity index (χ1v) is 7.24. The van der Waals surface area contributed by atoms with E-state index in [0.717, 1.165) is 25.0 Å². The molecule has 4 heteroatoms. The molecule has 0 saturated heterocycles. The molecule has 0 amide bonds. The lowest BCUT2D eigenvalue weighted by molar-refractivity contribution is -0.151. The zero-order chi connectivity index (χ0) is 14.3. The normalized spacial score (nSPS) is 17.4. The minimum Gasteiger partial charge on any atom is -0.490 e. The van der Waals surface area contributed by atoms with Crippen LogP contribution >= 0.6 is 0 Å². The first-order valence-electron chi connectivity index (χ1n) is 7.24. The molecule has 1 fully saturated rings.